The number of nitrogens with zero attached hydrogens (tertiary/aromatic N) is 1. The number of esters is 1. The molecular formula is C26H29N3O3S. The molecule has 0 amide bonds. The van der Waals surface area contributed by atoms with Crippen molar-refractivity contribution in [1.29, 1.82) is 0 Å². The number of hydrogen-bond donors (Lipinski definition) is 2. The molecule has 0 bridgehead atoms. The molecule has 2 aliphatic rings. The van der Waals surface area contributed by atoms with Crippen molar-refractivity contribution in [2.45, 2.75) is 39.7 Å². The van der Waals surface area contributed by atoms with E-state index in [0.717, 1.165) is 34.6 Å². The van der Waals surface area contributed by atoms with E-state index < -0.39 is 12.0 Å². The quantitative estimate of drug-likeness (QED) is 0.491. The Morgan fingerprint density at radius 1 is 1.18 bits per heavy atom. The molecule has 0 saturated heterocycles. The molecule has 6 nitrogen and oxygen atoms in total. The topological polar surface area (TPSA) is 70.7 Å². The second-order valence-electron chi connectivity index (χ2n) is 9.20. The van der Waals surface area contributed by atoms with E-state index in [2.05, 4.69) is 24.5 Å². The highest BCUT2D eigenvalue weighted by atomic mass is 32.1. The first-order valence-electron chi connectivity index (χ1n) is 11.1. The Labute approximate surface area is 200 Å². The van der Waals surface area contributed by atoms with Crippen LogP contribution in [0.4, 0.5) is 11.4 Å². The maximum atomic E-state index is 13.6. The molecule has 2 aromatic carbocycles. The average molecular weight is 464 g/mol. The molecule has 2 aromatic rings. The zero-order valence-electron chi connectivity index (χ0n) is 19.4. The number of ether oxygens (including phenoxy) is 1. The van der Waals surface area contributed by atoms with Gasteiger partial charge in [0.25, 0.3) is 0 Å². The monoisotopic (exact) mass is 463 g/mol. The van der Waals surface area contributed by atoms with E-state index in [1.54, 1.807) is 12.1 Å². The lowest BCUT2D eigenvalue weighted by Crippen LogP contribution is -2.44. The molecule has 0 radical (unpaired) electrons. The number of ketones is 1. The minimum atomic E-state index is -0.432. The van der Waals surface area contributed by atoms with Crippen LogP contribution in [-0.4, -0.2) is 30.5 Å². The summed E-state index contributed by atoms with van der Waals surface area (Å²) in [5.41, 5.74) is 4.63. The van der Waals surface area contributed by atoms with Crippen molar-refractivity contribution in [3.63, 3.8) is 0 Å². The van der Waals surface area contributed by atoms with Crippen molar-refractivity contribution < 1.29 is 14.3 Å². The van der Waals surface area contributed by atoms with Gasteiger partial charge in [-0.3, -0.25) is 4.79 Å². The van der Waals surface area contributed by atoms with Gasteiger partial charge in [0.2, 0.25) is 0 Å². The molecule has 7 heteroatoms. The molecule has 0 unspecified atom stereocenters. The van der Waals surface area contributed by atoms with Gasteiger partial charge in [-0.2, -0.15) is 0 Å². The summed E-state index contributed by atoms with van der Waals surface area (Å²) in [7, 11) is 1.36. The molecule has 0 saturated carbocycles. The molecule has 1 atom stereocenters. The van der Waals surface area contributed by atoms with E-state index >= 15 is 0 Å². The Hall–Kier alpha value is -3.19. The molecule has 2 N–H and O–H groups in total. The minimum Gasteiger partial charge on any atom is -0.465 e. The predicted octanol–water partition coefficient (Wildman–Crippen LogP) is 4.98. The summed E-state index contributed by atoms with van der Waals surface area (Å²) in [6.45, 7) is 6.89. The highest BCUT2D eigenvalue weighted by Crippen LogP contribution is 2.48. The minimum absolute atomic E-state index is 0.105. The number of benzene rings is 2. The fourth-order valence-corrected chi connectivity index (χ4v) is 5.03. The number of thiocarbonyl (C=S) groups is 1. The van der Waals surface area contributed by atoms with Gasteiger partial charge in [0, 0.05) is 24.2 Å². The molecule has 33 heavy (non-hydrogen) atoms. The Kier molecular flexibility index (Phi) is 6.26. The first kappa shape index (κ1) is 23.0. The van der Waals surface area contributed by atoms with Crippen molar-refractivity contribution in [3.05, 3.63) is 70.9 Å². The lowest BCUT2D eigenvalue weighted by atomic mass is 9.73. The maximum Gasteiger partial charge on any atom is 0.337 e. The van der Waals surface area contributed by atoms with E-state index in [1.165, 1.54) is 7.11 Å². The summed E-state index contributed by atoms with van der Waals surface area (Å²) >= 11 is 5.83. The van der Waals surface area contributed by atoms with Crippen LogP contribution in [0.3, 0.4) is 0 Å². The second kappa shape index (κ2) is 8.98. The lowest BCUT2D eigenvalue weighted by molar-refractivity contribution is -0.118. The van der Waals surface area contributed by atoms with Gasteiger partial charge < -0.3 is 20.3 Å². The van der Waals surface area contributed by atoms with Crippen LogP contribution in [0.25, 0.3) is 0 Å². The molecule has 1 aliphatic heterocycles. The van der Waals surface area contributed by atoms with E-state index in [4.69, 9.17) is 17.0 Å². The second-order valence-corrected chi connectivity index (χ2v) is 9.58. The van der Waals surface area contributed by atoms with Crippen molar-refractivity contribution in [2.24, 2.45) is 5.41 Å². The number of nitrogens with one attached hydrogen (secondary N) is 2. The van der Waals surface area contributed by atoms with Gasteiger partial charge in [0.05, 0.1) is 30.1 Å². The van der Waals surface area contributed by atoms with Crippen molar-refractivity contribution in [3.8, 4) is 0 Å². The van der Waals surface area contributed by atoms with Crippen LogP contribution in [-0.2, 0) is 9.53 Å². The van der Waals surface area contributed by atoms with E-state index in [0.29, 0.717) is 23.6 Å². The summed E-state index contributed by atoms with van der Waals surface area (Å²) in [6, 6.07) is 14.8. The number of hydrogen-bond acceptors (Lipinski definition) is 5. The van der Waals surface area contributed by atoms with Crippen molar-refractivity contribution in [2.75, 3.05) is 23.9 Å². The first-order chi connectivity index (χ1) is 15.8. The summed E-state index contributed by atoms with van der Waals surface area (Å²) in [6.07, 6.45) is 1.21. The van der Waals surface area contributed by atoms with Gasteiger partial charge in [0.15, 0.2) is 10.9 Å². The number of Topliss-reactive ketones (excluding diaryl/α,β-unsaturated/α-hetero) is 1. The Balaban J connectivity index is 1.95. The SMILES string of the molecule is CCNC(=S)N1c2ccccc2NC2=C(C(=O)CC(C)(C)C2)[C@H]1c1ccc(C(=O)OC)cc1. The third-order valence-corrected chi connectivity index (χ3v) is 6.44. The highest BCUT2D eigenvalue weighted by molar-refractivity contribution is 7.80. The Morgan fingerprint density at radius 2 is 1.88 bits per heavy atom. The lowest BCUT2D eigenvalue weighted by Gasteiger charge is -2.38. The first-order valence-corrected chi connectivity index (χ1v) is 11.5. The summed E-state index contributed by atoms with van der Waals surface area (Å²) < 4.78 is 4.85. The summed E-state index contributed by atoms with van der Waals surface area (Å²) in [4.78, 5) is 27.6. The van der Waals surface area contributed by atoms with Crippen molar-refractivity contribution >= 4 is 40.5 Å². The molecule has 0 spiro atoms. The number of rotatable bonds is 3. The number of allylic oxidation sites excluding steroid dienone is 1. The van der Waals surface area contributed by atoms with Gasteiger partial charge in [0.1, 0.15) is 0 Å². The Morgan fingerprint density at radius 3 is 2.55 bits per heavy atom. The van der Waals surface area contributed by atoms with Crippen LogP contribution in [0.5, 0.6) is 0 Å². The van der Waals surface area contributed by atoms with E-state index in [9.17, 15) is 9.59 Å². The Bertz CT molecular complexity index is 1140. The third-order valence-electron chi connectivity index (χ3n) is 6.10. The molecule has 0 aromatic heterocycles. The van der Waals surface area contributed by atoms with Crippen LogP contribution in [0, 0.1) is 5.41 Å². The molecule has 172 valence electrons. The van der Waals surface area contributed by atoms with Gasteiger partial charge in [-0.05, 0) is 60.8 Å². The molecular weight excluding hydrogens is 434 g/mol. The van der Waals surface area contributed by atoms with E-state index in [-0.39, 0.29) is 11.2 Å². The number of carbonyl (C=O) groups excluding carboxylic acids is 2. The predicted molar refractivity (Wildman–Crippen MR) is 134 cm³/mol. The van der Waals surface area contributed by atoms with Crippen LogP contribution < -0.4 is 15.5 Å². The largest absolute Gasteiger partial charge is 0.465 e. The van der Waals surface area contributed by atoms with Gasteiger partial charge in [-0.15, -0.1) is 0 Å². The zero-order valence-corrected chi connectivity index (χ0v) is 20.2. The summed E-state index contributed by atoms with van der Waals surface area (Å²) in [5.74, 6) is -0.294. The molecule has 0 fully saturated rings. The molecule has 1 aliphatic carbocycles. The van der Waals surface area contributed by atoms with Gasteiger partial charge in [-0.25, -0.2) is 4.79 Å². The number of methoxy groups -OCH3 is 1. The third kappa shape index (κ3) is 4.37. The average Bonchev–Trinajstić information content (AvgIpc) is 2.92. The molecule has 4 rings (SSSR count). The van der Waals surface area contributed by atoms with Crippen LogP contribution >= 0.6 is 12.2 Å². The van der Waals surface area contributed by atoms with Crippen molar-refractivity contribution in [1.82, 2.24) is 5.32 Å². The number of para-hydroxylation sites is 2. The normalized spacial score (nSPS) is 19.1. The molecule has 1 heterocycles. The van der Waals surface area contributed by atoms with Crippen LogP contribution in [0.2, 0.25) is 0 Å². The van der Waals surface area contributed by atoms with Gasteiger partial charge >= 0.3 is 5.97 Å². The highest BCUT2D eigenvalue weighted by Gasteiger charge is 2.42. The summed E-state index contributed by atoms with van der Waals surface area (Å²) in [5, 5.41) is 7.38. The van der Waals surface area contributed by atoms with Gasteiger partial charge in [-0.1, -0.05) is 38.1 Å². The number of anilines is 2. The maximum absolute atomic E-state index is 13.6. The van der Waals surface area contributed by atoms with E-state index in [1.807, 2.05) is 48.2 Å². The number of carbonyl (C=O) groups is 2. The number of fused-ring (bicyclic) bond motifs is 1. The zero-order chi connectivity index (χ0) is 23.8. The van der Waals surface area contributed by atoms with Crippen LogP contribution in [0.1, 0.15) is 55.6 Å². The fourth-order valence-electron chi connectivity index (χ4n) is 4.68. The van der Waals surface area contributed by atoms with Crippen LogP contribution in [0.15, 0.2) is 59.8 Å². The fraction of sp³-hybridized carbons (Fsp3) is 0.346. The smallest absolute Gasteiger partial charge is 0.337 e. The standard InChI is InChI=1S/C26H29N3O3S/c1-5-27-25(33)29-20-9-7-6-8-18(20)28-19-14-26(2,3)15-21(30)22(19)23(29)16-10-12-17(13-11-16)24(31)32-4/h6-13,23,28H,5,14-15H2,1-4H3,(H,27,33)/t23-/m1/s1.